The largest absolute Gasteiger partial charge is 0.493 e. The van der Waals surface area contributed by atoms with Crippen molar-refractivity contribution in [3.05, 3.63) is 28.3 Å². The third-order valence-corrected chi connectivity index (χ3v) is 3.15. The number of methoxy groups -OCH3 is 2. The van der Waals surface area contributed by atoms with Gasteiger partial charge in [0.1, 0.15) is 6.29 Å². The lowest BCUT2D eigenvalue weighted by Crippen LogP contribution is -2.24. The minimum atomic E-state index is -0.371. The zero-order valence-electron chi connectivity index (χ0n) is 11.7. The highest BCUT2D eigenvalue weighted by Gasteiger charge is 2.13. The zero-order chi connectivity index (χ0) is 14.7. The summed E-state index contributed by atoms with van der Waals surface area (Å²) in [6.45, 7) is 2.06. The first-order chi connectivity index (χ1) is 9.62. The van der Waals surface area contributed by atoms with Crippen LogP contribution in [-0.2, 0) is 11.3 Å². The third-order valence-electron chi connectivity index (χ3n) is 3.15. The van der Waals surface area contributed by atoms with Crippen molar-refractivity contribution in [2.45, 2.75) is 19.9 Å². The second kappa shape index (κ2) is 5.73. The molecule has 1 heterocycles. The van der Waals surface area contributed by atoms with Gasteiger partial charge in [-0.2, -0.15) is 4.98 Å². The molecule has 0 aliphatic heterocycles. The summed E-state index contributed by atoms with van der Waals surface area (Å²) in [7, 11) is 3.08. The minimum Gasteiger partial charge on any atom is -0.493 e. The van der Waals surface area contributed by atoms with Crippen LogP contribution in [0.15, 0.2) is 16.9 Å². The molecule has 2 aromatic rings. The van der Waals surface area contributed by atoms with Gasteiger partial charge in [-0.15, -0.1) is 0 Å². The normalized spacial score (nSPS) is 10.6. The van der Waals surface area contributed by atoms with Crippen molar-refractivity contribution in [3.63, 3.8) is 0 Å². The number of fused-ring (bicyclic) bond motifs is 1. The van der Waals surface area contributed by atoms with Gasteiger partial charge in [-0.25, -0.2) is 4.79 Å². The molecule has 1 aromatic carbocycles. The van der Waals surface area contributed by atoms with E-state index in [1.165, 1.54) is 11.7 Å². The molecule has 0 aliphatic carbocycles. The molecule has 0 N–H and O–H groups in total. The number of aldehydes is 1. The third kappa shape index (κ3) is 2.36. The monoisotopic (exact) mass is 276 g/mol. The molecule has 0 spiro atoms. The Bertz CT molecular complexity index is 706. The molecule has 106 valence electrons. The molecule has 0 atom stereocenters. The lowest BCUT2D eigenvalue weighted by atomic mass is 10.1. The Morgan fingerprint density at radius 1 is 1.25 bits per heavy atom. The SMILES string of the molecule is COc1cc2c(C)nc(=O)n(CCC=O)c2cc1OC. The Balaban J connectivity index is 2.78. The Kier molecular flexibility index (Phi) is 4.02. The van der Waals surface area contributed by atoms with Crippen LogP contribution < -0.4 is 15.2 Å². The van der Waals surface area contributed by atoms with Gasteiger partial charge in [-0.05, 0) is 13.0 Å². The molecule has 2 rings (SSSR count). The van der Waals surface area contributed by atoms with Crippen molar-refractivity contribution < 1.29 is 14.3 Å². The number of aromatic nitrogens is 2. The minimum absolute atomic E-state index is 0.258. The molecule has 0 aliphatic rings. The number of benzene rings is 1. The summed E-state index contributed by atoms with van der Waals surface area (Å²) >= 11 is 0. The summed E-state index contributed by atoms with van der Waals surface area (Å²) in [6, 6.07) is 3.52. The van der Waals surface area contributed by atoms with Gasteiger partial charge in [-0.3, -0.25) is 4.57 Å². The summed E-state index contributed by atoms with van der Waals surface area (Å²) in [5, 5.41) is 0.799. The van der Waals surface area contributed by atoms with Crippen molar-refractivity contribution >= 4 is 17.2 Å². The van der Waals surface area contributed by atoms with Crippen molar-refractivity contribution in [1.82, 2.24) is 9.55 Å². The Morgan fingerprint density at radius 3 is 2.50 bits per heavy atom. The van der Waals surface area contributed by atoms with Crippen LogP contribution >= 0.6 is 0 Å². The Morgan fingerprint density at radius 2 is 1.90 bits per heavy atom. The van der Waals surface area contributed by atoms with Gasteiger partial charge < -0.3 is 14.3 Å². The predicted octanol–water partition coefficient (Wildman–Crippen LogP) is 1.31. The Hall–Kier alpha value is -2.37. The number of ether oxygens (including phenoxy) is 2. The van der Waals surface area contributed by atoms with Crippen molar-refractivity contribution in [2.24, 2.45) is 0 Å². The number of nitrogens with zero attached hydrogens (tertiary/aromatic N) is 2. The van der Waals surface area contributed by atoms with E-state index in [2.05, 4.69) is 4.98 Å². The van der Waals surface area contributed by atoms with Gasteiger partial charge in [0.05, 0.1) is 25.4 Å². The number of carbonyl (C=O) groups excluding carboxylic acids is 1. The van der Waals surface area contributed by atoms with Crippen LogP contribution in [0.2, 0.25) is 0 Å². The highest BCUT2D eigenvalue weighted by atomic mass is 16.5. The molecular weight excluding hydrogens is 260 g/mol. The first-order valence-electron chi connectivity index (χ1n) is 6.19. The number of aryl methyl sites for hydroxylation is 2. The van der Waals surface area contributed by atoms with Gasteiger partial charge in [-0.1, -0.05) is 0 Å². The van der Waals surface area contributed by atoms with E-state index in [4.69, 9.17) is 9.47 Å². The van der Waals surface area contributed by atoms with Gasteiger partial charge in [0, 0.05) is 24.4 Å². The van der Waals surface area contributed by atoms with E-state index in [0.717, 1.165) is 11.7 Å². The van der Waals surface area contributed by atoms with E-state index in [0.29, 0.717) is 29.3 Å². The van der Waals surface area contributed by atoms with Gasteiger partial charge in [0.25, 0.3) is 0 Å². The number of carbonyl (C=O) groups is 1. The quantitative estimate of drug-likeness (QED) is 0.770. The molecule has 20 heavy (non-hydrogen) atoms. The molecule has 6 nitrogen and oxygen atoms in total. The maximum atomic E-state index is 12.0. The topological polar surface area (TPSA) is 70.4 Å². The second-order valence-corrected chi connectivity index (χ2v) is 4.31. The molecular formula is C14H16N2O4. The highest BCUT2D eigenvalue weighted by molar-refractivity contribution is 5.85. The number of hydrogen-bond donors (Lipinski definition) is 0. The molecule has 0 fully saturated rings. The number of hydrogen-bond acceptors (Lipinski definition) is 5. The molecule has 6 heteroatoms. The van der Waals surface area contributed by atoms with E-state index in [1.54, 1.807) is 26.2 Å². The van der Waals surface area contributed by atoms with Crippen molar-refractivity contribution in [1.29, 1.82) is 0 Å². The van der Waals surface area contributed by atoms with Crippen LogP contribution in [0.4, 0.5) is 0 Å². The molecule has 0 bridgehead atoms. The highest BCUT2D eigenvalue weighted by Crippen LogP contribution is 2.32. The fourth-order valence-corrected chi connectivity index (χ4v) is 2.15. The van der Waals surface area contributed by atoms with Crippen molar-refractivity contribution in [3.8, 4) is 11.5 Å². The van der Waals surface area contributed by atoms with Crippen LogP contribution in [0.1, 0.15) is 12.1 Å². The van der Waals surface area contributed by atoms with Crippen LogP contribution in [0.5, 0.6) is 11.5 Å². The van der Waals surface area contributed by atoms with E-state index < -0.39 is 0 Å². The molecule has 0 radical (unpaired) electrons. The van der Waals surface area contributed by atoms with Gasteiger partial charge >= 0.3 is 5.69 Å². The van der Waals surface area contributed by atoms with E-state index in [1.807, 2.05) is 0 Å². The fourth-order valence-electron chi connectivity index (χ4n) is 2.15. The van der Waals surface area contributed by atoms with Gasteiger partial charge in [0.15, 0.2) is 11.5 Å². The first-order valence-corrected chi connectivity index (χ1v) is 6.19. The summed E-state index contributed by atoms with van der Waals surface area (Å²) in [5.41, 5.74) is 0.930. The van der Waals surface area contributed by atoms with Crippen LogP contribution in [0, 0.1) is 6.92 Å². The second-order valence-electron chi connectivity index (χ2n) is 4.31. The lowest BCUT2D eigenvalue weighted by molar-refractivity contribution is -0.108. The zero-order valence-corrected chi connectivity index (χ0v) is 11.7. The van der Waals surface area contributed by atoms with E-state index in [-0.39, 0.29) is 12.1 Å². The molecule has 0 unspecified atom stereocenters. The van der Waals surface area contributed by atoms with E-state index in [9.17, 15) is 9.59 Å². The summed E-state index contributed by atoms with van der Waals surface area (Å²) in [4.78, 5) is 26.5. The van der Waals surface area contributed by atoms with Crippen molar-refractivity contribution in [2.75, 3.05) is 14.2 Å². The summed E-state index contributed by atoms with van der Waals surface area (Å²) in [6.07, 6.45) is 1.03. The lowest BCUT2D eigenvalue weighted by Gasteiger charge is -2.14. The molecule has 0 saturated heterocycles. The standard InChI is InChI=1S/C14H16N2O4/c1-9-10-7-12(19-2)13(20-3)8-11(10)16(5-4-6-17)14(18)15-9/h6-8H,4-5H2,1-3H3. The fraction of sp³-hybridized carbons (Fsp3) is 0.357. The molecule has 0 amide bonds. The predicted molar refractivity (Wildman–Crippen MR) is 74.5 cm³/mol. The van der Waals surface area contributed by atoms with Crippen LogP contribution in [0.3, 0.4) is 0 Å². The smallest absolute Gasteiger partial charge is 0.348 e. The maximum absolute atomic E-state index is 12.0. The average Bonchev–Trinajstić information content (AvgIpc) is 2.45. The first kappa shape index (κ1) is 14.0. The Labute approximate surface area is 116 Å². The van der Waals surface area contributed by atoms with Gasteiger partial charge in [0.2, 0.25) is 0 Å². The maximum Gasteiger partial charge on any atom is 0.348 e. The average molecular weight is 276 g/mol. The van der Waals surface area contributed by atoms with E-state index >= 15 is 0 Å². The van der Waals surface area contributed by atoms with Crippen LogP contribution in [0.25, 0.3) is 10.9 Å². The summed E-state index contributed by atoms with van der Waals surface area (Å²) < 4.78 is 12.0. The van der Waals surface area contributed by atoms with Crippen LogP contribution in [-0.4, -0.2) is 30.1 Å². The molecule has 0 saturated carbocycles. The number of rotatable bonds is 5. The molecule has 1 aromatic heterocycles. The summed E-state index contributed by atoms with van der Waals surface area (Å²) in [5.74, 6) is 1.11.